The summed E-state index contributed by atoms with van der Waals surface area (Å²) in [4.78, 5) is 14.1. The van der Waals surface area contributed by atoms with E-state index in [1.54, 1.807) is 6.07 Å². The van der Waals surface area contributed by atoms with Crippen molar-refractivity contribution < 1.29 is 4.79 Å². The number of anilines is 3. The maximum Gasteiger partial charge on any atom is 0.249 e. The van der Waals surface area contributed by atoms with Gasteiger partial charge in [-0.05, 0) is 32.9 Å². The first kappa shape index (κ1) is 10.8. The number of amides is 1. The molecule has 3 N–H and O–H groups in total. The van der Waals surface area contributed by atoms with Crippen molar-refractivity contribution in [1.82, 2.24) is 0 Å². The highest BCUT2D eigenvalue weighted by Gasteiger charge is 2.39. The number of carbonyl (C=O) groups is 1. The lowest BCUT2D eigenvalue weighted by atomic mass is 9.96. The molecular formula is C12H17N3O. The van der Waals surface area contributed by atoms with Crippen LogP contribution in [0.5, 0.6) is 0 Å². The molecular weight excluding hydrogens is 202 g/mol. The van der Waals surface area contributed by atoms with Gasteiger partial charge in [0.25, 0.3) is 0 Å². The highest BCUT2D eigenvalue weighted by atomic mass is 16.2. The maximum absolute atomic E-state index is 12.0. The van der Waals surface area contributed by atoms with Crippen molar-refractivity contribution in [2.45, 2.75) is 26.3 Å². The van der Waals surface area contributed by atoms with E-state index in [1.807, 2.05) is 32.9 Å². The number of benzene rings is 1. The van der Waals surface area contributed by atoms with E-state index in [0.717, 1.165) is 17.9 Å². The zero-order valence-electron chi connectivity index (χ0n) is 9.87. The highest BCUT2D eigenvalue weighted by molar-refractivity contribution is 6.08. The van der Waals surface area contributed by atoms with Crippen molar-refractivity contribution >= 4 is 23.0 Å². The van der Waals surface area contributed by atoms with Crippen LogP contribution in [-0.4, -0.2) is 18.0 Å². The van der Waals surface area contributed by atoms with Crippen LogP contribution in [0.25, 0.3) is 0 Å². The van der Waals surface area contributed by atoms with E-state index in [-0.39, 0.29) is 5.91 Å². The number of nitrogens with zero attached hydrogens (tertiary/aromatic N) is 1. The number of likely N-dealkylation sites (N-methyl/N-ethyl adjacent to an activating group) is 1. The van der Waals surface area contributed by atoms with E-state index >= 15 is 0 Å². The lowest BCUT2D eigenvalue weighted by Gasteiger charge is -2.43. The first-order chi connectivity index (χ1) is 7.48. The molecule has 1 aromatic rings. The van der Waals surface area contributed by atoms with Crippen molar-refractivity contribution in [2.75, 3.05) is 22.5 Å². The lowest BCUT2D eigenvalue weighted by molar-refractivity contribution is -0.120. The zero-order chi connectivity index (χ0) is 11.9. The fourth-order valence-corrected chi connectivity index (χ4v) is 2.17. The van der Waals surface area contributed by atoms with Crippen LogP contribution in [0.15, 0.2) is 18.2 Å². The largest absolute Gasteiger partial charge is 0.397 e. The number of para-hydroxylation sites is 1. The Bertz CT molecular complexity index is 440. The van der Waals surface area contributed by atoms with E-state index in [1.165, 1.54) is 0 Å². The van der Waals surface area contributed by atoms with Crippen molar-refractivity contribution in [3.05, 3.63) is 18.2 Å². The van der Waals surface area contributed by atoms with Gasteiger partial charge in [0.05, 0.1) is 17.1 Å². The number of nitrogen functional groups attached to an aromatic ring is 1. The first-order valence-electron chi connectivity index (χ1n) is 5.46. The number of nitrogens with two attached hydrogens (primary N) is 1. The van der Waals surface area contributed by atoms with Crippen molar-refractivity contribution in [3.63, 3.8) is 0 Å². The predicted molar refractivity (Wildman–Crippen MR) is 66.6 cm³/mol. The first-order valence-corrected chi connectivity index (χ1v) is 5.46. The Morgan fingerprint density at radius 3 is 2.75 bits per heavy atom. The molecule has 0 aliphatic carbocycles. The Hall–Kier alpha value is -1.71. The SMILES string of the molecule is CCN1c2cccc(N)c2NC(=O)C1(C)C. The Kier molecular flexibility index (Phi) is 2.30. The molecule has 16 heavy (non-hydrogen) atoms. The molecule has 1 aliphatic rings. The summed E-state index contributed by atoms with van der Waals surface area (Å²) in [5.41, 5.74) is 7.67. The average Bonchev–Trinajstić information content (AvgIpc) is 2.21. The summed E-state index contributed by atoms with van der Waals surface area (Å²) in [6.45, 7) is 6.64. The van der Waals surface area contributed by atoms with Gasteiger partial charge in [-0.25, -0.2) is 0 Å². The van der Waals surface area contributed by atoms with Crippen LogP contribution in [0.2, 0.25) is 0 Å². The van der Waals surface area contributed by atoms with Gasteiger partial charge in [0.1, 0.15) is 5.54 Å². The zero-order valence-corrected chi connectivity index (χ0v) is 9.87. The third-order valence-corrected chi connectivity index (χ3v) is 3.15. The van der Waals surface area contributed by atoms with Crippen molar-refractivity contribution in [3.8, 4) is 0 Å². The summed E-state index contributed by atoms with van der Waals surface area (Å²) in [6.07, 6.45) is 0. The number of hydrogen-bond donors (Lipinski definition) is 2. The van der Waals surface area contributed by atoms with Crippen LogP contribution in [0.1, 0.15) is 20.8 Å². The van der Waals surface area contributed by atoms with Gasteiger partial charge in [-0.3, -0.25) is 4.79 Å². The van der Waals surface area contributed by atoms with Gasteiger partial charge in [0, 0.05) is 6.54 Å². The minimum Gasteiger partial charge on any atom is -0.397 e. The predicted octanol–water partition coefficient (Wildman–Crippen LogP) is 1.83. The third kappa shape index (κ3) is 1.33. The number of hydrogen-bond acceptors (Lipinski definition) is 3. The van der Waals surface area contributed by atoms with Gasteiger partial charge in [-0.2, -0.15) is 0 Å². The number of rotatable bonds is 1. The number of nitrogens with one attached hydrogen (secondary N) is 1. The standard InChI is InChI=1S/C12H17N3O/c1-4-15-9-7-5-6-8(13)10(9)14-11(16)12(15,2)3/h5-7H,4,13H2,1-3H3,(H,14,16). The normalized spacial score (nSPS) is 17.9. The van der Waals surface area contributed by atoms with Crippen LogP contribution in [0, 0.1) is 0 Å². The second kappa shape index (κ2) is 3.40. The van der Waals surface area contributed by atoms with Crippen LogP contribution in [0.3, 0.4) is 0 Å². The molecule has 0 saturated heterocycles. The summed E-state index contributed by atoms with van der Waals surface area (Å²) in [5, 5.41) is 2.88. The van der Waals surface area contributed by atoms with Crippen molar-refractivity contribution in [2.24, 2.45) is 0 Å². The summed E-state index contributed by atoms with van der Waals surface area (Å²) in [7, 11) is 0. The summed E-state index contributed by atoms with van der Waals surface area (Å²) in [5.74, 6) is -0.0141. The molecule has 86 valence electrons. The van der Waals surface area contributed by atoms with E-state index in [4.69, 9.17) is 5.73 Å². The van der Waals surface area contributed by atoms with E-state index in [2.05, 4.69) is 10.2 Å². The second-order valence-corrected chi connectivity index (χ2v) is 4.50. The molecule has 1 aromatic carbocycles. The number of fused-ring (bicyclic) bond motifs is 1. The van der Waals surface area contributed by atoms with Gasteiger partial charge in [-0.15, -0.1) is 0 Å². The van der Waals surface area contributed by atoms with Gasteiger partial charge in [0.2, 0.25) is 5.91 Å². The second-order valence-electron chi connectivity index (χ2n) is 4.50. The molecule has 0 aromatic heterocycles. The topological polar surface area (TPSA) is 58.4 Å². The van der Waals surface area contributed by atoms with Crippen LogP contribution in [-0.2, 0) is 4.79 Å². The molecule has 1 aliphatic heterocycles. The lowest BCUT2D eigenvalue weighted by Crippen LogP contribution is -2.56. The third-order valence-electron chi connectivity index (χ3n) is 3.15. The molecule has 0 atom stereocenters. The van der Waals surface area contributed by atoms with Crippen LogP contribution < -0.4 is 16.0 Å². The molecule has 0 fully saturated rings. The van der Waals surface area contributed by atoms with Crippen LogP contribution >= 0.6 is 0 Å². The summed E-state index contributed by atoms with van der Waals surface area (Å²) in [6, 6.07) is 5.69. The Morgan fingerprint density at radius 1 is 1.44 bits per heavy atom. The highest BCUT2D eigenvalue weighted by Crippen LogP contribution is 2.39. The number of carbonyl (C=O) groups excluding carboxylic acids is 1. The monoisotopic (exact) mass is 219 g/mol. The molecule has 1 heterocycles. The van der Waals surface area contributed by atoms with Gasteiger partial charge >= 0.3 is 0 Å². The van der Waals surface area contributed by atoms with E-state index < -0.39 is 5.54 Å². The Labute approximate surface area is 95.4 Å². The molecule has 0 saturated carbocycles. The van der Waals surface area contributed by atoms with E-state index in [0.29, 0.717) is 5.69 Å². The fourth-order valence-electron chi connectivity index (χ4n) is 2.17. The molecule has 4 heteroatoms. The molecule has 0 radical (unpaired) electrons. The minimum atomic E-state index is -0.532. The summed E-state index contributed by atoms with van der Waals surface area (Å²) < 4.78 is 0. The molecule has 2 rings (SSSR count). The molecule has 0 spiro atoms. The summed E-state index contributed by atoms with van der Waals surface area (Å²) >= 11 is 0. The van der Waals surface area contributed by atoms with Crippen molar-refractivity contribution in [1.29, 1.82) is 0 Å². The molecule has 0 unspecified atom stereocenters. The van der Waals surface area contributed by atoms with Crippen LogP contribution in [0.4, 0.5) is 17.1 Å². The maximum atomic E-state index is 12.0. The fraction of sp³-hybridized carbons (Fsp3) is 0.417. The van der Waals surface area contributed by atoms with E-state index in [9.17, 15) is 4.79 Å². The van der Waals surface area contributed by atoms with Gasteiger partial charge in [0.15, 0.2) is 0 Å². The minimum absolute atomic E-state index is 0.0141. The quantitative estimate of drug-likeness (QED) is 0.708. The average molecular weight is 219 g/mol. The Morgan fingerprint density at radius 2 is 2.12 bits per heavy atom. The Balaban J connectivity index is 2.61. The molecule has 4 nitrogen and oxygen atoms in total. The smallest absolute Gasteiger partial charge is 0.249 e. The molecule has 0 bridgehead atoms. The molecule has 1 amide bonds. The van der Waals surface area contributed by atoms with Gasteiger partial charge in [-0.1, -0.05) is 6.07 Å². The van der Waals surface area contributed by atoms with Gasteiger partial charge < -0.3 is 16.0 Å².